The Labute approximate surface area is 126 Å². The average molecular weight is 315 g/mol. The number of carbonyl (C=O) groups is 1. The fourth-order valence-electron chi connectivity index (χ4n) is 1.59. The third-order valence-electron chi connectivity index (χ3n) is 2.59. The van der Waals surface area contributed by atoms with Gasteiger partial charge < -0.3 is 5.32 Å². The molecule has 0 saturated carbocycles. The van der Waals surface area contributed by atoms with Gasteiger partial charge in [0.2, 0.25) is 0 Å². The van der Waals surface area contributed by atoms with Crippen LogP contribution in [0, 0.1) is 0 Å². The van der Waals surface area contributed by atoms with Crippen LogP contribution in [0.1, 0.15) is 15.9 Å². The number of rotatable bonds is 3. The SMILES string of the molecule is O=C(Nc1ccccc1CCl)c1ccc(Cl)c(Cl)c1. The molecule has 0 radical (unpaired) electrons. The second kappa shape index (κ2) is 6.29. The molecule has 2 aromatic rings. The van der Waals surface area contributed by atoms with Crippen molar-refractivity contribution in [3.05, 3.63) is 63.6 Å². The Morgan fingerprint density at radius 2 is 1.79 bits per heavy atom. The number of benzene rings is 2. The minimum absolute atomic E-state index is 0.254. The third kappa shape index (κ3) is 3.41. The number of hydrogen-bond donors (Lipinski definition) is 1. The van der Waals surface area contributed by atoms with Crippen LogP contribution in [-0.4, -0.2) is 5.91 Å². The Hall–Kier alpha value is -1.22. The molecule has 1 amide bonds. The van der Waals surface area contributed by atoms with Crippen LogP contribution in [0.15, 0.2) is 42.5 Å². The van der Waals surface area contributed by atoms with E-state index in [-0.39, 0.29) is 5.91 Å². The lowest BCUT2D eigenvalue weighted by molar-refractivity contribution is 0.102. The van der Waals surface area contributed by atoms with E-state index in [0.717, 1.165) is 5.56 Å². The minimum atomic E-state index is -0.254. The molecule has 0 bridgehead atoms. The van der Waals surface area contributed by atoms with Gasteiger partial charge in [0, 0.05) is 17.1 Å². The molecule has 0 saturated heterocycles. The fourth-order valence-corrected chi connectivity index (χ4v) is 2.12. The molecule has 0 aliphatic rings. The van der Waals surface area contributed by atoms with Crippen LogP contribution in [0.5, 0.6) is 0 Å². The lowest BCUT2D eigenvalue weighted by Gasteiger charge is -2.09. The van der Waals surface area contributed by atoms with E-state index < -0.39 is 0 Å². The van der Waals surface area contributed by atoms with Gasteiger partial charge in [0.05, 0.1) is 10.0 Å². The standard InChI is InChI=1S/C14H10Cl3NO/c15-8-10-3-1-2-4-13(10)18-14(19)9-5-6-11(16)12(17)7-9/h1-7H,8H2,(H,18,19). The van der Waals surface area contributed by atoms with Crippen molar-refractivity contribution in [3.8, 4) is 0 Å². The lowest BCUT2D eigenvalue weighted by atomic mass is 10.1. The fraction of sp³-hybridized carbons (Fsp3) is 0.0714. The third-order valence-corrected chi connectivity index (χ3v) is 3.62. The summed E-state index contributed by atoms with van der Waals surface area (Å²) in [4.78, 5) is 12.1. The summed E-state index contributed by atoms with van der Waals surface area (Å²) in [6, 6.07) is 12.1. The molecule has 0 fully saturated rings. The van der Waals surface area contributed by atoms with Crippen LogP contribution in [0.3, 0.4) is 0 Å². The minimum Gasteiger partial charge on any atom is -0.322 e. The Morgan fingerprint density at radius 3 is 2.47 bits per heavy atom. The number of nitrogens with one attached hydrogen (secondary N) is 1. The van der Waals surface area contributed by atoms with Crippen molar-refractivity contribution >= 4 is 46.4 Å². The highest BCUT2D eigenvalue weighted by atomic mass is 35.5. The van der Waals surface area contributed by atoms with Crippen molar-refractivity contribution in [2.45, 2.75) is 5.88 Å². The lowest BCUT2D eigenvalue weighted by Crippen LogP contribution is -2.13. The number of alkyl halides is 1. The van der Waals surface area contributed by atoms with Gasteiger partial charge in [-0.05, 0) is 29.8 Å². The second-order valence-corrected chi connectivity index (χ2v) is 4.96. The van der Waals surface area contributed by atoms with E-state index in [9.17, 15) is 4.79 Å². The first-order valence-electron chi connectivity index (χ1n) is 5.52. The molecule has 0 aliphatic heterocycles. The van der Waals surface area contributed by atoms with Crippen LogP contribution in [-0.2, 0) is 5.88 Å². The van der Waals surface area contributed by atoms with Gasteiger partial charge in [-0.1, -0.05) is 41.4 Å². The largest absolute Gasteiger partial charge is 0.322 e. The number of amides is 1. The van der Waals surface area contributed by atoms with Gasteiger partial charge in [-0.3, -0.25) is 4.79 Å². The molecule has 1 N–H and O–H groups in total. The van der Waals surface area contributed by atoms with Crippen molar-refractivity contribution in [1.29, 1.82) is 0 Å². The molecular weight excluding hydrogens is 305 g/mol. The van der Waals surface area contributed by atoms with Gasteiger partial charge in [0.25, 0.3) is 5.91 Å². The average Bonchev–Trinajstić information content (AvgIpc) is 2.42. The van der Waals surface area contributed by atoms with Gasteiger partial charge >= 0.3 is 0 Å². The van der Waals surface area contributed by atoms with E-state index in [1.807, 2.05) is 18.2 Å². The van der Waals surface area contributed by atoms with Crippen molar-refractivity contribution in [1.82, 2.24) is 0 Å². The normalized spacial score (nSPS) is 10.3. The second-order valence-electron chi connectivity index (χ2n) is 3.87. The van der Waals surface area contributed by atoms with E-state index in [1.54, 1.807) is 18.2 Å². The van der Waals surface area contributed by atoms with Gasteiger partial charge in [-0.15, -0.1) is 11.6 Å². The van der Waals surface area contributed by atoms with Gasteiger partial charge in [0.1, 0.15) is 0 Å². The van der Waals surface area contributed by atoms with Crippen LogP contribution in [0.2, 0.25) is 10.0 Å². The summed E-state index contributed by atoms with van der Waals surface area (Å²) in [5.41, 5.74) is 1.99. The molecule has 0 aliphatic carbocycles. The Bertz CT molecular complexity index is 613. The molecule has 98 valence electrons. The van der Waals surface area contributed by atoms with Gasteiger partial charge in [-0.25, -0.2) is 0 Å². The van der Waals surface area contributed by atoms with Crippen LogP contribution in [0.25, 0.3) is 0 Å². The maximum absolute atomic E-state index is 12.1. The monoisotopic (exact) mass is 313 g/mol. The zero-order valence-electron chi connectivity index (χ0n) is 9.79. The molecular formula is C14H10Cl3NO. The molecule has 0 unspecified atom stereocenters. The van der Waals surface area contributed by atoms with E-state index in [2.05, 4.69) is 5.32 Å². The highest BCUT2D eigenvalue weighted by Crippen LogP contribution is 2.24. The summed E-state index contributed by atoms with van der Waals surface area (Å²) in [6.45, 7) is 0. The predicted molar refractivity (Wildman–Crippen MR) is 80.4 cm³/mol. The summed E-state index contributed by atoms with van der Waals surface area (Å²) in [5.74, 6) is 0.0776. The molecule has 5 heteroatoms. The molecule has 2 rings (SSSR count). The van der Waals surface area contributed by atoms with Gasteiger partial charge in [0.15, 0.2) is 0 Å². The topological polar surface area (TPSA) is 29.1 Å². The zero-order chi connectivity index (χ0) is 13.8. The molecule has 0 heterocycles. The molecule has 0 aromatic heterocycles. The molecule has 2 aromatic carbocycles. The number of anilines is 1. The Kier molecular flexibility index (Phi) is 4.70. The highest BCUT2D eigenvalue weighted by molar-refractivity contribution is 6.42. The van der Waals surface area contributed by atoms with Gasteiger partial charge in [-0.2, -0.15) is 0 Å². The maximum Gasteiger partial charge on any atom is 0.255 e. The molecule has 2 nitrogen and oxygen atoms in total. The van der Waals surface area contributed by atoms with E-state index in [4.69, 9.17) is 34.8 Å². The summed E-state index contributed by atoms with van der Waals surface area (Å²) < 4.78 is 0. The highest BCUT2D eigenvalue weighted by Gasteiger charge is 2.10. The van der Waals surface area contributed by atoms with E-state index in [1.165, 1.54) is 6.07 Å². The molecule has 19 heavy (non-hydrogen) atoms. The Balaban J connectivity index is 2.23. The molecule has 0 spiro atoms. The zero-order valence-corrected chi connectivity index (χ0v) is 12.1. The smallest absolute Gasteiger partial charge is 0.255 e. The van der Waals surface area contributed by atoms with Crippen molar-refractivity contribution in [3.63, 3.8) is 0 Å². The number of para-hydroxylation sites is 1. The first kappa shape index (κ1) is 14.2. The van der Waals surface area contributed by atoms with Crippen molar-refractivity contribution in [2.75, 3.05) is 5.32 Å². The summed E-state index contributed by atoms with van der Waals surface area (Å²) in [6.07, 6.45) is 0. The van der Waals surface area contributed by atoms with Crippen molar-refractivity contribution in [2.24, 2.45) is 0 Å². The van der Waals surface area contributed by atoms with E-state index >= 15 is 0 Å². The van der Waals surface area contributed by atoms with Crippen LogP contribution in [0.4, 0.5) is 5.69 Å². The number of halogens is 3. The number of carbonyl (C=O) groups excluding carboxylic acids is 1. The van der Waals surface area contributed by atoms with Crippen LogP contribution >= 0.6 is 34.8 Å². The predicted octanol–water partition coefficient (Wildman–Crippen LogP) is 4.98. The molecule has 0 atom stereocenters. The first-order valence-corrected chi connectivity index (χ1v) is 6.81. The van der Waals surface area contributed by atoms with Crippen LogP contribution < -0.4 is 5.32 Å². The maximum atomic E-state index is 12.1. The summed E-state index contributed by atoms with van der Waals surface area (Å²) in [5, 5.41) is 3.56. The summed E-state index contributed by atoms with van der Waals surface area (Å²) in [7, 11) is 0. The summed E-state index contributed by atoms with van der Waals surface area (Å²) >= 11 is 17.5. The quantitative estimate of drug-likeness (QED) is 0.795. The first-order chi connectivity index (χ1) is 9.11. The van der Waals surface area contributed by atoms with Crippen molar-refractivity contribution < 1.29 is 4.79 Å². The van der Waals surface area contributed by atoms with E-state index in [0.29, 0.717) is 27.2 Å². The Morgan fingerprint density at radius 1 is 1.05 bits per heavy atom. The number of hydrogen-bond acceptors (Lipinski definition) is 1.